The first-order chi connectivity index (χ1) is 16.3. The number of hydrogen-bond acceptors (Lipinski definition) is 5. The van der Waals surface area contributed by atoms with E-state index in [-0.39, 0.29) is 11.0 Å². The van der Waals surface area contributed by atoms with Crippen molar-refractivity contribution in [2.24, 2.45) is 0 Å². The van der Waals surface area contributed by atoms with E-state index in [1.165, 1.54) is 0 Å². The van der Waals surface area contributed by atoms with Crippen LogP contribution in [0.25, 0.3) is 0 Å². The van der Waals surface area contributed by atoms with E-state index in [4.69, 9.17) is 20.7 Å². The van der Waals surface area contributed by atoms with Crippen LogP contribution in [0, 0.1) is 41.5 Å². The van der Waals surface area contributed by atoms with Crippen LogP contribution >= 0.6 is 6.04 Å². The van der Waals surface area contributed by atoms with Crippen molar-refractivity contribution >= 4 is 37.5 Å². The zero-order chi connectivity index (χ0) is 26.6. The van der Waals surface area contributed by atoms with Crippen LogP contribution in [-0.4, -0.2) is 39.0 Å². The molecule has 35 heavy (non-hydrogen) atoms. The summed E-state index contributed by atoms with van der Waals surface area (Å²) in [4.78, 5) is 28.4. The summed E-state index contributed by atoms with van der Waals surface area (Å²) in [5.74, 6) is 0. The number of carbonyl (C=O) groups excluding carboxylic acids is 2. The van der Waals surface area contributed by atoms with Gasteiger partial charge in [0.2, 0.25) is 11.0 Å². The van der Waals surface area contributed by atoms with Crippen LogP contribution in [0.2, 0.25) is 12.6 Å². The fourth-order valence-corrected chi connectivity index (χ4v) is 11.4. The average Bonchev–Trinajstić information content (AvgIpc) is 2.72. The first-order valence-electron chi connectivity index (χ1n) is 12.4. The zero-order valence-corrected chi connectivity index (χ0v) is 25.5. The number of carbonyl (C=O) groups is 2. The molecule has 2 aromatic carbocycles. The molecule has 0 saturated heterocycles. The van der Waals surface area contributed by atoms with Crippen LogP contribution in [-0.2, 0) is 20.7 Å². The molecular weight excluding hydrogens is 491 g/mol. The summed E-state index contributed by atoms with van der Waals surface area (Å²) >= 11 is 6.18. The molecule has 0 aliphatic rings. The first kappa shape index (κ1) is 29.8. The van der Waals surface area contributed by atoms with Gasteiger partial charge >= 0.3 is 8.56 Å². The van der Waals surface area contributed by atoms with Crippen LogP contribution in [0.3, 0.4) is 0 Å². The molecule has 0 aliphatic carbocycles. The summed E-state index contributed by atoms with van der Waals surface area (Å²) < 4.78 is 12.0. The van der Waals surface area contributed by atoms with Crippen molar-refractivity contribution in [3.8, 4) is 0 Å². The smallest absolute Gasteiger partial charge is 0.334 e. The quantitative estimate of drug-likeness (QED) is 0.209. The van der Waals surface area contributed by atoms with Crippen LogP contribution in [0.15, 0.2) is 24.3 Å². The van der Waals surface area contributed by atoms with Crippen molar-refractivity contribution < 1.29 is 18.4 Å². The topological polar surface area (TPSA) is 52.6 Å². The van der Waals surface area contributed by atoms with Gasteiger partial charge in [0.1, 0.15) is 0 Å². The lowest BCUT2D eigenvalue weighted by Gasteiger charge is -2.28. The van der Waals surface area contributed by atoms with E-state index in [1.54, 1.807) is 0 Å². The highest BCUT2D eigenvalue weighted by Crippen LogP contribution is 2.55. The van der Waals surface area contributed by atoms with Crippen LogP contribution < -0.4 is 0 Å². The van der Waals surface area contributed by atoms with E-state index < -0.39 is 14.6 Å². The Morgan fingerprint density at radius 2 is 1.11 bits per heavy atom. The van der Waals surface area contributed by atoms with Gasteiger partial charge < -0.3 is 8.85 Å². The van der Waals surface area contributed by atoms with Gasteiger partial charge in [-0.2, -0.15) is 0 Å². The molecule has 0 spiro atoms. The van der Waals surface area contributed by atoms with E-state index in [0.717, 1.165) is 33.4 Å². The molecule has 2 rings (SSSR count). The van der Waals surface area contributed by atoms with Gasteiger partial charge in [-0.05, 0) is 103 Å². The van der Waals surface area contributed by atoms with Crippen molar-refractivity contribution in [3.63, 3.8) is 0 Å². The maximum absolute atomic E-state index is 14.2. The third-order valence-corrected chi connectivity index (χ3v) is 13.7. The Hall–Kier alpha value is -1.43. The average molecular weight is 533 g/mol. The van der Waals surface area contributed by atoms with Crippen LogP contribution in [0.5, 0.6) is 0 Å². The number of rotatable bonds is 12. The summed E-state index contributed by atoms with van der Waals surface area (Å²) in [7, 11) is -2.39. The molecule has 0 aromatic heterocycles. The van der Waals surface area contributed by atoms with E-state index >= 15 is 0 Å². The van der Waals surface area contributed by atoms with Crippen LogP contribution in [0.1, 0.15) is 74.4 Å². The monoisotopic (exact) mass is 532 g/mol. The van der Waals surface area contributed by atoms with Gasteiger partial charge in [0.25, 0.3) is 0 Å². The molecule has 0 radical (unpaired) electrons. The molecular formula is C28H41O4PSSi. The van der Waals surface area contributed by atoms with Crippen molar-refractivity contribution in [1.29, 1.82) is 0 Å². The standard InChI is InChI=1S/C28H41O4PSSi/c1-10-31-35(9,32-11-2)14-12-13-33(34,27(29)25-21(5)15-19(3)16-22(25)6)28(30)26-23(7)17-20(4)18-24(26)8/h15-18H,10-14H2,1-9H3. The normalized spacial score (nSPS) is 12.1. The molecule has 0 unspecified atom stereocenters. The molecule has 0 aliphatic heterocycles. The molecule has 4 nitrogen and oxygen atoms in total. The SMILES string of the molecule is CCO[Si](C)(CCCP(=S)(C(=O)c1c(C)cc(C)cc1C)C(=O)c1c(C)cc(C)cc1C)OCC. The molecule has 0 bridgehead atoms. The van der Waals surface area contributed by atoms with Gasteiger partial charge in [-0.15, -0.1) is 0 Å². The van der Waals surface area contributed by atoms with Gasteiger partial charge in [0, 0.05) is 24.3 Å². The predicted molar refractivity (Wildman–Crippen MR) is 153 cm³/mol. The Kier molecular flexibility index (Phi) is 10.4. The minimum atomic E-state index is -3.14. The maximum atomic E-state index is 14.2. The third kappa shape index (κ3) is 6.87. The van der Waals surface area contributed by atoms with Crippen molar-refractivity contribution in [3.05, 3.63) is 68.8 Å². The largest absolute Gasteiger partial charge is 0.395 e. The fourth-order valence-electron chi connectivity index (χ4n) is 5.11. The molecule has 0 amide bonds. The molecule has 0 atom stereocenters. The van der Waals surface area contributed by atoms with Gasteiger partial charge in [0.15, 0.2) is 0 Å². The minimum absolute atomic E-state index is 0.164. The molecule has 0 fully saturated rings. The van der Waals surface area contributed by atoms with E-state index in [0.29, 0.717) is 43.0 Å². The molecule has 2 aromatic rings. The second-order valence-electron chi connectivity index (χ2n) is 9.72. The lowest BCUT2D eigenvalue weighted by atomic mass is 10.0. The van der Waals surface area contributed by atoms with Crippen molar-refractivity contribution in [2.45, 2.75) is 74.4 Å². The Labute approximate surface area is 218 Å². The van der Waals surface area contributed by atoms with Gasteiger partial charge in [-0.25, -0.2) is 0 Å². The Balaban J connectivity index is 2.57. The summed E-state index contributed by atoms with van der Waals surface area (Å²) in [5, 5.41) is 0. The molecule has 0 N–H and O–H groups in total. The van der Waals surface area contributed by atoms with E-state index in [9.17, 15) is 9.59 Å². The van der Waals surface area contributed by atoms with Crippen molar-refractivity contribution in [1.82, 2.24) is 0 Å². The summed E-state index contributed by atoms with van der Waals surface area (Å²) in [5.41, 5.74) is 6.63. The zero-order valence-electron chi connectivity index (χ0n) is 22.8. The lowest BCUT2D eigenvalue weighted by Crippen LogP contribution is -2.38. The highest BCUT2D eigenvalue weighted by atomic mass is 32.4. The molecule has 7 heteroatoms. The predicted octanol–water partition coefficient (Wildman–Crippen LogP) is 7.53. The van der Waals surface area contributed by atoms with E-state index in [1.807, 2.05) is 79.7 Å². The summed E-state index contributed by atoms with van der Waals surface area (Å²) in [6.07, 6.45) is 1.01. The lowest BCUT2D eigenvalue weighted by molar-refractivity contribution is 0.105. The first-order valence-corrected chi connectivity index (χ1v) is 17.9. The van der Waals surface area contributed by atoms with Gasteiger partial charge in [0.05, 0.1) is 6.04 Å². The van der Waals surface area contributed by atoms with Gasteiger partial charge in [-0.3, -0.25) is 9.59 Å². The Morgan fingerprint density at radius 3 is 1.43 bits per heavy atom. The maximum Gasteiger partial charge on any atom is 0.334 e. The number of benzene rings is 2. The fraction of sp³-hybridized carbons (Fsp3) is 0.500. The second-order valence-corrected chi connectivity index (χ2v) is 17.7. The molecule has 192 valence electrons. The number of hydrogen-bond donors (Lipinski definition) is 0. The Bertz CT molecular complexity index is 1030. The molecule has 0 heterocycles. The third-order valence-electron chi connectivity index (χ3n) is 6.44. The van der Waals surface area contributed by atoms with E-state index in [2.05, 4.69) is 6.55 Å². The number of aryl methyl sites for hydroxylation is 6. The Morgan fingerprint density at radius 1 is 0.771 bits per heavy atom. The van der Waals surface area contributed by atoms with Crippen molar-refractivity contribution in [2.75, 3.05) is 19.4 Å². The van der Waals surface area contributed by atoms with Crippen LogP contribution in [0.4, 0.5) is 0 Å². The summed E-state index contributed by atoms with van der Waals surface area (Å²) in [6, 6.07) is 5.56. The molecule has 0 saturated carbocycles. The highest BCUT2D eigenvalue weighted by molar-refractivity contribution is 8.31. The highest BCUT2D eigenvalue weighted by Gasteiger charge is 2.40. The van der Waals surface area contributed by atoms with Gasteiger partial charge in [-0.1, -0.05) is 47.2 Å². The summed E-state index contributed by atoms with van der Waals surface area (Å²) in [6.45, 7) is 18.9. The minimum Gasteiger partial charge on any atom is -0.395 e. The second kappa shape index (κ2) is 12.2.